The van der Waals surface area contributed by atoms with E-state index >= 15 is 0 Å². The van der Waals surface area contributed by atoms with Crippen molar-refractivity contribution in [2.45, 2.75) is 18.9 Å². The van der Waals surface area contributed by atoms with Gasteiger partial charge in [-0.2, -0.15) is 0 Å². The first-order valence-electron chi connectivity index (χ1n) is 6.98. The second kappa shape index (κ2) is 7.34. The molecule has 2 aromatic rings. The van der Waals surface area contributed by atoms with Gasteiger partial charge in [-0.05, 0) is 6.92 Å². The summed E-state index contributed by atoms with van der Waals surface area (Å²) in [7, 11) is 1.46. The molecule has 0 aliphatic carbocycles. The van der Waals surface area contributed by atoms with Crippen molar-refractivity contribution in [3.63, 3.8) is 0 Å². The molecule has 0 spiro atoms. The van der Waals surface area contributed by atoms with Crippen LogP contribution in [0.1, 0.15) is 23.8 Å². The maximum absolute atomic E-state index is 12.3. The first kappa shape index (κ1) is 17.1. The lowest BCUT2D eigenvalue weighted by atomic mass is 9.99. The van der Waals surface area contributed by atoms with Crippen molar-refractivity contribution < 1.29 is 19.4 Å². The van der Waals surface area contributed by atoms with Crippen LogP contribution in [0.4, 0.5) is 0 Å². The maximum atomic E-state index is 12.3. The Hall–Kier alpha value is -2.25. The predicted octanol–water partition coefficient (Wildman–Crippen LogP) is 2.42. The molecule has 1 heterocycles. The summed E-state index contributed by atoms with van der Waals surface area (Å²) in [4.78, 5) is 27.6. The van der Waals surface area contributed by atoms with Gasteiger partial charge in [-0.3, -0.25) is 9.59 Å². The van der Waals surface area contributed by atoms with Crippen LogP contribution in [0.3, 0.4) is 0 Å². The summed E-state index contributed by atoms with van der Waals surface area (Å²) in [6.45, 7) is 1.73. The number of carbonyl (C=O) groups excluding carboxylic acids is 1. The Kier molecular flexibility index (Phi) is 5.46. The Morgan fingerprint density at radius 2 is 2.04 bits per heavy atom. The van der Waals surface area contributed by atoms with E-state index in [9.17, 15) is 9.59 Å². The van der Waals surface area contributed by atoms with Gasteiger partial charge in [0.2, 0.25) is 0 Å². The highest BCUT2D eigenvalue weighted by Gasteiger charge is 2.30. The molecule has 2 rings (SSSR count). The summed E-state index contributed by atoms with van der Waals surface area (Å²) in [5.41, 5.74) is 0.206. The van der Waals surface area contributed by atoms with E-state index in [1.54, 1.807) is 12.3 Å². The van der Waals surface area contributed by atoms with E-state index in [0.29, 0.717) is 0 Å². The molecule has 1 unspecified atom stereocenters. The molecule has 122 valence electrons. The van der Waals surface area contributed by atoms with Gasteiger partial charge in [0.1, 0.15) is 10.7 Å². The third kappa shape index (κ3) is 4.61. The number of hydrogen-bond acceptors (Lipinski definition) is 5. The van der Waals surface area contributed by atoms with Crippen LogP contribution in [0, 0.1) is 0 Å². The molecule has 1 aromatic heterocycles. The third-order valence-electron chi connectivity index (χ3n) is 3.18. The normalized spacial score (nSPS) is 13.3. The number of thiazole rings is 1. The van der Waals surface area contributed by atoms with Crippen molar-refractivity contribution in [2.75, 3.05) is 13.7 Å². The van der Waals surface area contributed by atoms with E-state index in [2.05, 4.69) is 10.3 Å². The Morgan fingerprint density at radius 1 is 1.35 bits per heavy atom. The zero-order valence-electron chi connectivity index (χ0n) is 12.9. The van der Waals surface area contributed by atoms with Gasteiger partial charge in [0, 0.05) is 18.1 Å². The Balaban J connectivity index is 2.14. The number of carbonyl (C=O) groups is 2. The van der Waals surface area contributed by atoms with Crippen molar-refractivity contribution in [1.82, 2.24) is 10.3 Å². The number of aliphatic carboxylic acids is 1. The van der Waals surface area contributed by atoms with Gasteiger partial charge < -0.3 is 15.2 Å². The molecule has 0 saturated heterocycles. The third-order valence-corrected chi connectivity index (χ3v) is 4.07. The number of methoxy groups -OCH3 is 1. The number of ether oxygens (including phenoxy) is 1. The Labute approximate surface area is 138 Å². The van der Waals surface area contributed by atoms with Crippen molar-refractivity contribution in [1.29, 1.82) is 0 Å². The molecule has 0 aliphatic heterocycles. The van der Waals surface area contributed by atoms with Gasteiger partial charge in [-0.1, -0.05) is 30.3 Å². The largest absolute Gasteiger partial charge is 0.481 e. The average Bonchev–Trinajstić information content (AvgIpc) is 2.97. The van der Waals surface area contributed by atoms with Crippen molar-refractivity contribution in [3.05, 3.63) is 41.4 Å². The molecule has 2 N–H and O–H groups in total. The molecule has 0 radical (unpaired) electrons. The lowest BCUT2D eigenvalue weighted by Gasteiger charge is -2.28. The fourth-order valence-corrected chi connectivity index (χ4v) is 3.02. The second-order valence-electron chi connectivity index (χ2n) is 5.42. The molecule has 0 fully saturated rings. The van der Waals surface area contributed by atoms with Crippen molar-refractivity contribution >= 4 is 23.2 Å². The minimum Gasteiger partial charge on any atom is -0.481 e. The number of benzene rings is 1. The van der Waals surface area contributed by atoms with E-state index in [0.717, 1.165) is 10.6 Å². The first-order chi connectivity index (χ1) is 10.9. The molecule has 1 amide bonds. The van der Waals surface area contributed by atoms with E-state index in [1.807, 2.05) is 30.3 Å². The summed E-state index contributed by atoms with van der Waals surface area (Å²) in [5.74, 6) is -1.42. The highest BCUT2D eigenvalue weighted by Crippen LogP contribution is 2.23. The van der Waals surface area contributed by atoms with Crippen LogP contribution in [-0.2, 0) is 9.53 Å². The minimum absolute atomic E-state index is 0.0979. The van der Waals surface area contributed by atoms with E-state index in [4.69, 9.17) is 9.84 Å². The number of carboxylic acid groups (broad SMARTS) is 1. The number of rotatable bonds is 7. The summed E-state index contributed by atoms with van der Waals surface area (Å²) in [6, 6.07) is 9.55. The summed E-state index contributed by atoms with van der Waals surface area (Å²) in [5, 5.41) is 14.1. The summed E-state index contributed by atoms with van der Waals surface area (Å²) in [6.07, 6.45) is -0.234. The standard InChI is InChI=1S/C16H18N2O4S/c1-16(10-22-2,8-13(19)20)18-14(21)12-9-23-15(17-12)11-6-4-3-5-7-11/h3-7,9H,8,10H2,1-2H3,(H,18,21)(H,19,20). The molecule has 1 aromatic carbocycles. The number of nitrogens with zero attached hydrogens (tertiary/aromatic N) is 1. The molecule has 1 atom stereocenters. The number of aromatic nitrogens is 1. The van der Waals surface area contributed by atoms with E-state index in [-0.39, 0.29) is 18.7 Å². The molecule has 6 nitrogen and oxygen atoms in total. The van der Waals surface area contributed by atoms with Crippen LogP contribution in [0.5, 0.6) is 0 Å². The molecule has 0 saturated carbocycles. The number of amides is 1. The van der Waals surface area contributed by atoms with Gasteiger partial charge in [0.15, 0.2) is 0 Å². The topological polar surface area (TPSA) is 88.5 Å². The number of carboxylic acids is 1. The van der Waals surface area contributed by atoms with Crippen LogP contribution in [-0.4, -0.2) is 41.2 Å². The van der Waals surface area contributed by atoms with Crippen LogP contribution < -0.4 is 5.32 Å². The fourth-order valence-electron chi connectivity index (χ4n) is 2.21. The average molecular weight is 334 g/mol. The van der Waals surface area contributed by atoms with Crippen LogP contribution >= 0.6 is 11.3 Å². The smallest absolute Gasteiger partial charge is 0.305 e. The van der Waals surface area contributed by atoms with Gasteiger partial charge in [0.25, 0.3) is 5.91 Å². The monoisotopic (exact) mass is 334 g/mol. The van der Waals surface area contributed by atoms with Gasteiger partial charge in [-0.15, -0.1) is 11.3 Å². The lowest BCUT2D eigenvalue weighted by Crippen LogP contribution is -2.50. The molecule has 0 aliphatic rings. The lowest BCUT2D eigenvalue weighted by molar-refractivity contribution is -0.139. The van der Waals surface area contributed by atoms with Gasteiger partial charge in [-0.25, -0.2) is 4.98 Å². The highest BCUT2D eigenvalue weighted by atomic mass is 32.1. The minimum atomic E-state index is -1.01. The van der Waals surface area contributed by atoms with Crippen molar-refractivity contribution in [2.24, 2.45) is 0 Å². The Morgan fingerprint density at radius 3 is 2.65 bits per heavy atom. The molecule has 0 bridgehead atoms. The predicted molar refractivity (Wildman–Crippen MR) is 87.6 cm³/mol. The van der Waals surface area contributed by atoms with Gasteiger partial charge >= 0.3 is 5.97 Å². The van der Waals surface area contributed by atoms with E-state index in [1.165, 1.54) is 18.4 Å². The zero-order valence-corrected chi connectivity index (χ0v) is 13.7. The summed E-state index contributed by atoms with van der Waals surface area (Å²) >= 11 is 1.36. The van der Waals surface area contributed by atoms with Crippen LogP contribution in [0.25, 0.3) is 10.6 Å². The van der Waals surface area contributed by atoms with Gasteiger partial charge in [0.05, 0.1) is 18.6 Å². The SMILES string of the molecule is COCC(C)(CC(=O)O)NC(=O)c1csc(-c2ccccc2)n1. The quantitative estimate of drug-likeness (QED) is 0.812. The fraction of sp³-hybridized carbons (Fsp3) is 0.312. The first-order valence-corrected chi connectivity index (χ1v) is 7.86. The zero-order chi connectivity index (χ0) is 16.9. The van der Waals surface area contributed by atoms with Crippen LogP contribution in [0.2, 0.25) is 0 Å². The maximum Gasteiger partial charge on any atom is 0.305 e. The highest BCUT2D eigenvalue weighted by molar-refractivity contribution is 7.13. The molecule has 23 heavy (non-hydrogen) atoms. The van der Waals surface area contributed by atoms with Crippen molar-refractivity contribution in [3.8, 4) is 10.6 Å². The molecule has 7 heteroatoms. The number of nitrogens with one attached hydrogen (secondary N) is 1. The van der Waals surface area contributed by atoms with E-state index < -0.39 is 17.4 Å². The number of hydrogen-bond donors (Lipinski definition) is 2. The molecular weight excluding hydrogens is 316 g/mol. The summed E-state index contributed by atoms with van der Waals surface area (Å²) < 4.78 is 5.02. The molecular formula is C16H18N2O4S. The van der Waals surface area contributed by atoms with Crippen LogP contribution in [0.15, 0.2) is 35.7 Å². The Bertz CT molecular complexity index is 686. The second-order valence-corrected chi connectivity index (χ2v) is 6.28.